The highest BCUT2D eigenvalue weighted by Gasteiger charge is 2.01. The molecule has 0 aromatic carbocycles. The first kappa shape index (κ1) is 9.21. The third-order valence-electron chi connectivity index (χ3n) is 1.70. The van der Waals surface area contributed by atoms with Crippen molar-refractivity contribution in [3.05, 3.63) is 34.5 Å². The number of aromatic nitrogens is 2. The molecule has 0 aliphatic rings. The van der Waals surface area contributed by atoms with Crippen LogP contribution < -0.4 is 5.76 Å². The smallest absolute Gasteiger partial charge is 0.406 e. The highest BCUT2D eigenvalue weighted by atomic mass is 79.9. The standard InChI is InChI=1S/C9H7BrN2O2/c10-3-1-2-6-4-7-8(11-5-6)12-9(13)14-7/h1-2,4-5H,3H2,(H,11,12,13). The van der Waals surface area contributed by atoms with E-state index in [0.29, 0.717) is 11.2 Å². The van der Waals surface area contributed by atoms with Crippen molar-refractivity contribution in [1.29, 1.82) is 0 Å². The van der Waals surface area contributed by atoms with Gasteiger partial charge in [0, 0.05) is 11.5 Å². The Balaban J connectivity index is 2.50. The minimum Gasteiger partial charge on any atom is -0.406 e. The number of oxazole rings is 1. The molecule has 0 aliphatic heterocycles. The van der Waals surface area contributed by atoms with E-state index in [1.54, 1.807) is 12.3 Å². The van der Waals surface area contributed by atoms with Gasteiger partial charge in [0.15, 0.2) is 11.2 Å². The van der Waals surface area contributed by atoms with Crippen LogP contribution >= 0.6 is 15.9 Å². The van der Waals surface area contributed by atoms with E-state index in [1.165, 1.54) is 0 Å². The fourth-order valence-corrected chi connectivity index (χ4v) is 1.31. The number of H-pyrrole nitrogens is 1. The first-order valence-electron chi connectivity index (χ1n) is 4.01. The predicted molar refractivity (Wildman–Crippen MR) is 57.5 cm³/mol. The van der Waals surface area contributed by atoms with Crippen LogP contribution in [0.5, 0.6) is 0 Å². The second-order valence-electron chi connectivity index (χ2n) is 2.69. The molecule has 2 rings (SSSR count). The SMILES string of the molecule is O=c1[nH]c2ncc(C=CCBr)cc2o1. The van der Waals surface area contributed by atoms with Crippen molar-refractivity contribution < 1.29 is 4.42 Å². The van der Waals surface area contributed by atoms with Gasteiger partial charge in [-0.2, -0.15) is 0 Å². The molecule has 0 amide bonds. The minimum absolute atomic E-state index is 0.478. The van der Waals surface area contributed by atoms with Crippen LogP contribution in [0.4, 0.5) is 0 Å². The van der Waals surface area contributed by atoms with E-state index in [9.17, 15) is 4.79 Å². The van der Waals surface area contributed by atoms with Gasteiger partial charge in [-0.25, -0.2) is 9.78 Å². The van der Waals surface area contributed by atoms with Gasteiger partial charge in [0.25, 0.3) is 0 Å². The van der Waals surface area contributed by atoms with E-state index < -0.39 is 5.76 Å². The van der Waals surface area contributed by atoms with Crippen molar-refractivity contribution in [1.82, 2.24) is 9.97 Å². The summed E-state index contributed by atoms with van der Waals surface area (Å²) in [6, 6.07) is 1.76. The second-order valence-corrected chi connectivity index (χ2v) is 3.33. The molecule has 0 saturated heterocycles. The molecule has 0 radical (unpaired) electrons. The zero-order chi connectivity index (χ0) is 9.97. The summed E-state index contributed by atoms with van der Waals surface area (Å²) in [6.45, 7) is 0. The highest BCUT2D eigenvalue weighted by Crippen LogP contribution is 2.10. The molecule has 5 heteroatoms. The zero-order valence-electron chi connectivity index (χ0n) is 7.16. The van der Waals surface area contributed by atoms with E-state index in [1.807, 2.05) is 12.2 Å². The largest absolute Gasteiger partial charge is 0.418 e. The maximum Gasteiger partial charge on any atom is 0.418 e. The van der Waals surface area contributed by atoms with Gasteiger partial charge in [-0.15, -0.1) is 0 Å². The van der Waals surface area contributed by atoms with E-state index in [0.717, 1.165) is 10.9 Å². The molecule has 2 aromatic heterocycles. The Labute approximate surface area is 87.8 Å². The predicted octanol–water partition coefficient (Wildman–Crippen LogP) is 1.92. The maximum absolute atomic E-state index is 10.8. The van der Waals surface area contributed by atoms with Crippen LogP contribution in [0.2, 0.25) is 0 Å². The Morgan fingerprint density at radius 1 is 1.64 bits per heavy atom. The number of hydrogen-bond acceptors (Lipinski definition) is 3. The molecule has 2 aromatic rings. The molecule has 0 unspecified atom stereocenters. The summed E-state index contributed by atoms with van der Waals surface area (Å²) >= 11 is 3.27. The van der Waals surface area contributed by atoms with Crippen molar-refractivity contribution >= 4 is 33.2 Å². The van der Waals surface area contributed by atoms with Crippen molar-refractivity contribution in [2.24, 2.45) is 0 Å². The van der Waals surface area contributed by atoms with Crippen LogP contribution in [-0.2, 0) is 0 Å². The summed E-state index contributed by atoms with van der Waals surface area (Å²) in [6.07, 6.45) is 5.51. The van der Waals surface area contributed by atoms with Crippen LogP contribution in [0, 0.1) is 0 Å². The number of fused-ring (bicyclic) bond motifs is 1. The van der Waals surface area contributed by atoms with Gasteiger partial charge in [-0.1, -0.05) is 28.1 Å². The van der Waals surface area contributed by atoms with Crippen LogP contribution in [0.3, 0.4) is 0 Å². The van der Waals surface area contributed by atoms with Gasteiger partial charge in [-0.05, 0) is 11.6 Å². The third kappa shape index (κ3) is 1.77. The molecule has 72 valence electrons. The molecule has 1 N–H and O–H groups in total. The van der Waals surface area contributed by atoms with Gasteiger partial charge in [0.05, 0.1) is 0 Å². The van der Waals surface area contributed by atoms with Crippen molar-refractivity contribution in [3.63, 3.8) is 0 Å². The van der Waals surface area contributed by atoms with Crippen LogP contribution in [0.15, 0.2) is 27.6 Å². The second kappa shape index (κ2) is 3.79. The average molecular weight is 255 g/mol. The monoisotopic (exact) mass is 254 g/mol. The number of nitrogens with zero attached hydrogens (tertiary/aromatic N) is 1. The number of pyridine rings is 1. The van der Waals surface area contributed by atoms with Crippen LogP contribution in [0.1, 0.15) is 5.56 Å². The average Bonchev–Trinajstić information content (AvgIpc) is 2.54. The lowest BCUT2D eigenvalue weighted by Crippen LogP contribution is -1.93. The number of alkyl halides is 1. The van der Waals surface area contributed by atoms with Crippen molar-refractivity contribution in [3.8, 4) is 0 Å². The molecule has 14 heavy (non-hydrogen) atoms. The lowest BCUT2D eigenvalue weighted by molar-refractivity contribution is 0.555. The Morgan fingerprint density at radius 3 is 3.29 bits per heavy atom. The molecule has 0 fully saturated rings. The van der Waals surface area contributed by atoms with Gasteiger partial charge in [0.1, 0.15) is 0 Å². The normalized spacial score (nSPS) is 11.5. The lowest BCUT2D eigenvalue weighted by atomic mass is 10.2. The third-order valence-corrected chi connectivity index (χ3v) is 2.07. The minimum atomic E-state index is -0.478. The summed E-state index contributed by atoms with van der Waals surface area (Å²) in [5.41, 5.74) is 1.86. The number of nitrogens with one attached hydrogen (secondary N) is 1. The lowest BCUT2D eigenvalue weighted by Gasteiger charge is -1.90. The maximum atomic E-state index is 10.8. The van der Waals surface area contributed by atoms with Crippen molar-refractivity contribution in [2.45, 2.75) is 0 Å². The van der Waals surface area contributed by atoms with Gasteiger partial charge < -0.3 is 4.42 Å². The molecule has 0 bridgehead atoms. The first-order valence-corrected chi connectivity index (χ1v) is 5.13. The van der Waals surface area contributed by atoms with E-state index in [4.69, 9.17) is 4.42 Å². The topological polar surface area (TPSA) is 58.9 Å². The van der Waals surface area contributed by atoms with Crippen molar-refractivity contribution in [2.75, 3.05) is 5.33 Å². The summed E-state index contributed by atoms with van der Waals surface area (Å²) in [7, 11) is 0. The van der Waals surface area contributed by atoms with E-state index >= 15 is 0 Å². The summed E-state index contributed by atoms with van der Waals surface area (Å²) in [5.74, 6) is -0.478. The number of allylic oxidation sites excluding steroid dienone is 1. The molecular weight excluding hydrogens is 248 g/mol. The molecule has 2 heterocycles. The molecule has 0 saturated carbocycles. The number of hydrogen-bond donors (Lipinski definition) is 1. The Hall–Kier alpha value is -1.36. The molecule has 0 spiro atoms. The highest BCUT2D eigenvalue weighted by molar-refractivity contribution is 9.09. The Bertz CT molecular complexity index is 527. The Morgan fingerprint density at radius 2 is 2.50 bits per heavy atom. The summed E-state index contributed by atoms with van der Waals surface area (Å²) in [5, 5.41) is 0.780. The number of halogens is 1. The first-order chi connectivity index (χ1) is 6.79. The molecule has 0 aliphatic carbocycles. The van der Waals surface area contributed by atoms with Gasteiger partial charge >= 0.3 is 5.76 Å². The fraction of sp³-hybridized carbons (Fsp3) is 0.111. The molecular formula is C9H7BrN2O2. The molecule has 0 atom stereocenters. The van der Waals surface area contributed by atoms with E-state index in [2.05, 4.69) is 25.9 Å². The van der Waals surface area contributed by atoms with Crippen LogP contribution in [0.25, 0.3) is 17.3 Å². The number of aromatic amines is 1. The summed E-state index contributed by atoms with van der Waals surface area (Å²) < 4.78 is 4.87. The quantitative estimate of drug-likeness (QED) is 0.834. The van der Waals surface area contributed by atoms with Gasteiger partial charge in [0.2, 0.25) is 0 Å². The van der Waals surface area contributed by atoms with Crippen LogP contribution in [-0.4, -0.2) is 15.3 Å². The van der Waals surface area contributed by atoms with E-state index in [-0.39, 0.29) is 0 Å². The Kier molecular flexibility index (Phi) is 2.49. The summed E-state index contributed by atoms with van der Waals surface area (Å²) in [4.78, 5) is 17.3. The molecule has 4 nitrogen and oxygen atoms in total. The van der Waals surface area contributed by atoms with Gasteiger partial charge in [-0.3, -0.25) is 4.98 Å². The zero-order valence-corrected chi connectivity index (χ0v) is 8.74. The number of rotatable bonds is 2. The fourth-order valence-electron chi connectivity index (χ4n) is 1.13.